The van der Waals surface area contributed by atoms with Crippen LogP contribution in [0.25, 0.3) is 33.3 Å². The zero-order valence-corrected chi connectivity index (χ0v) is 19.4. The standard InChI is InChI=1S/C30H22N2O4/c33-27(31-22-13-11-19-6-1-2-7-20(19)16-22)18-36-30(34)28-24-9-3-4-10-26(24)32-29-21(12-14-25(28)29)17-23-8-5-15-35-23/h1-11,13,15-17H,12,14,18H2,(H,31,33). The number of hydrogen-bond acceptors (Lipinski definition) is 5. The van der Waals surface area contributed by atoms with E-state index in [2.05, 4.69) is 5.32 Å². The zero-order valence-electron chi connectivity index (χ0n) is 19.4. The first kappa shape index (κ1) is 21.8. The summed E-state index contributed by atoms with van der Waals surface area (Å²) in [6.07, 6.45) is 4.98. The van der Waals surface area contributed by atoms with Crippen molar-refractivity contribution in [2.45, 2.75) is 12.8 Å². The summed E-state index contributed by atoms with van der Waals surface area (Å²) in [5.41, 5.74) is 4.45. The predicted molar refractivity (Wildman–Crippen MR) is 140 cm³/mol. The Morgan fingerprint density at radius 1 is 0.944 bits per heavy atom. The van der Waals surface area contributed by atoms with E-state index in [1.165, 1.54) is 0 Å². The topological polar surface area (TPSA) is 81.4 Å². The smallest absolute Gasteiger partial charge is 0.339 e. The van der Waals surface area contributed by atoms with E-state index in [1.807, 2.05) is 84.9 Å². The molecule has 2 heterocycles. The second-order valence-electron chi connectivity index (χ2n) is 8.70. The van der Waals surface area contributed by atoms with Crippen LogP contribution in [0.15, 0.2) is 89.5 Å². The van der Waals surface area contributed by atoms with E-state index in [0.29, 0.717) is 23.2 Å². The summed E-state index contributed by atoms with van der Waals surface area (Å²) in [7, 11) is 0. The number of aromatic nitrogens is 1. The highest BCUT2D eigenvalue weighted by molar-refractivity contribution is 6.08. The number of esters is 1. The van der Waals surface area contributed by atoms with Crippen LogP contribution < -0.4 is 5.32 Å². The van der Waals surface area contributed by atoms with E-state index in [0.717, 1.165) is 45.2 Å². The molecule has 6 heteroatoms. The molecular weight excluding hydrogens is 452 g/mol. The molecule has 1 amide bonds. The van der Waals surface area contributed by atoms with E-state index >= 15 is 0 Å². The van der Waals surface area contributed by atoms with Crippen molar-refractivity contribution >= 4 is 50.9 Å². The molecule has 6 rings (SSSR count). The molecule has 0 atom stereocenters. The van der Waals surface area contributed by atoms with Crippen LogP contribution in [0.4, 0.5) is 5.69 Å². The Balaban J connectivity index is 1.25. The molecule has 36 heavy (non-hydrogen) atoms. The monoisotopic (exact) mass is 474 g/mol. The van der Waals surface area contributed by atoms with Gasteiger partial charge in [0.15, 0.2) is 6.61 Å². The molecule has 2 aromatic heterocycles. The lowest BCUT2D eigenvalue weighted by Gasteiger charge is -2.12. The van der Waals surface area contributed by atoms with Gasteiger partial charge in [-0.1, -0.05) is 48.5 Å². The van der Waals surface area contributed by atoms with Crippen molar-refractivity contribution in [3.05, 3.63) is 108 Å². The minimum atomic E-state index is -0.530. The molecule has 3 aromatic carbocycles. The van der Waals surface area contributed by atoms with Gasteiger partial charge in [-0.05, 0) is 71.2 Å². The van der Waals surface area contributed by atoms with Crippen LogP contribution in [-0.4, -0.2) is 23.5 Å². The maximum absolute atomic E-state index is 13.3. The first-order valence-corrected chi connectivity index (χ1v) is 11.8. The van der Waals surface area contributed by atoms with Crippen LogP contribution in [0.3, 0.4) is 0 Å². The second kappa shape index (κ2) is 9.15. The number of carbonyl (C=O) groups is 2. The number of rotatable bonds is 5. The SMILES string of the molecule is O=C(COC(=O)c1c2c(nc3ccccc13)C(=Cc1ccco1)CC2)Nc1ccc2ccccc2c1. The molecule has 0 unspecified atom stereocenters. The second-order valence-corrected chi connectivity index (χ2v) is 8.70. The van der Waals surface area contributed by atoms with Crippen molar-refractivity contribution in [1.82, 2.24) is 4.98 Å². The molecule has 0 saturated carbocycles. The minimum Gasteiger partial charge on any atom is -0.465 e. The van der Waals surface area contributed by atoms with Crippen LogP contribution in [0.2, 0.25) is 0 Å². The third-order valence-electron chi connectivity index (χ3n) is 6.37. The number of para-hydroxylation sites is 1. The first-order valence-electron chi connectivity index (χ1n) is 11.8. The molecule has 6 nitrogen and oxygen atoms in total. The number of furan rings is 1. The van der Waals surface area contributed by atoms with E-state index in [1.54, 1.807) is 6.26 Å². The number of amides is 1. The summed E-state index contributed by atoms with van der Waals surface area (Å²) in [6.45, 7) is -0.383. The van der Waals surface area contributed by atoms with Crippen LogP contribution in [-0.2, 0) is 16.0 Å². The molecule has 1 aliphatic rings. The van der Waals surface area contributed by atoms with Crippen molar-refractivity contribution in [1.29, 1.82) is 0 Å². The Labute approximate surface area is 207 Å². The third-order valence-corrected chi connectivity index (χ3v) is 6.37. The van der Waals surface area contributed by atoms with Crippen LogP contribution in [0, 0.1) is 0 Å². The highest BCUT2D eigenvalue weighted by Crippen LogP contribution is 2.37. The van der Waals surface area contributed by atoms with Crippen LogP contribution >= 0.6 is 0 Å². The zero-order chi connectivity index (χ0) is 24.5. The Kier molecular flexibility index (Phi) is 5.54. The van der Waals surface area contributed by atoms with Crippen molar-refractivity contribution < 1.29 is 18.7 Å². The molecule has 0 saturated heterocycles. The Bertz CT molecular complexity index is 1650. The van der Waals surface area contributed by atoms with Gasteiger partial charge in [-0.15, -0.1) is 0 Å². The number of carbonyl (C=O) groups excluding carboxylic acids is 2. The average molecular weight is 475 g/mol. The fourth-order valence-corrected chi connectivity index (χ4v) is 4.72. The van der Waals surface area contributed by atoms with Gasteiger partial charge >= 0.3 is 5.97 Å². The molecule has 176 valence electrons. The first-order chi connectivity index (χ1) is 17.7. The summed E-state index contributed by atoms with van der Waals surface area (Å²) in [4.78, 5) is 30.7. The van der Waals surface area contributed by atoms with Gasteiger partial charge in [0.25, 0.3) is 5.91 Å². The predicted octanol–water partition coefficient (Wildman–Crippen LogP) is 6.26. The van der Waals surface area contributed by atoms with Gasteiger partial charge in [0.05, 0.1) is 23.0 Å². The van der Waals surface area contributed by atoms with E-state index in [-0.39, 0.29) is 6.61 Å². The Hall–Kier alpha value is -4.71. The summed E-state index contributed by atoms with van der Waals surface area (Å²) >= 11 is 0. The molecular formula is C30H22N2O4. The summed E-state index contributed by atoms with van der Waals surface area (Å²) in [5.74, 6) is -0.188. The van der Waals surface area contributed by atoms with Gasteiger partial charge in [0, 0.05) is 11.1 Å². The van der Waals surface area contributed by atoms with Gasteiger partial charge < -0.3 is 14.5 Å². The lowest BCUT2D eigenvalue weighted by Crippen LogP contribution is -2.21. The number of ether oxygens (including phenoxy) is 1. The number of nitrogens with zero attached hydrogens (tertiary/aromatic N) is 1. The van der Waals surface area contributed by atoms with E-state index in [9.17, 15) is 9.59 Å². The Morgan fingerprint density at radius 2 is 1.78 bits per heavy atom. The number of nitrogens with one attached hydrogen (secondary N) is 1. The third kappa shape index (κ3) is 4.14. The lowest BCUT2D eigenvalue weighted by atomic mass is 10.0. The number of pyridine rings is 1. The van der Waals surface area contributed by atoms with Crippen molar-refractivity contribution in [3.8, 4) is 0 Å². The fourth-order valence-electron chi connectivity index (χ4n) is 4.72. The van der Waals surface area contributed by atoms with Gasteiger partial charge in [-0.25, -0.2) is 9.78 Å². The quantitative estimate of drug-likeness (QED) is 0.304. The number of hydrogen-bond donors (Lipinski definition) is 1. The maximum atomic E-state index is 13.3. The fraction of sp³-hybridized carbons (Fsp3) is 0.100. The normalized spacial score (nSPS) is 13.7. The number of allylic oxidation sites excluding steroid dienone is 1. The summed E-state index contributed by atoms with van der Waals surface area (Å²) in [5, 5.41) is 5.63. The van der Waals surface area contributed by atoms with Gasteiger partial charge in [-0.3, -0.25) is 4.79 Å². The van der Waals surface area contributed by atoms with E-state index < -0.39 is 11.9 Å². The lowest BCUT2D eigenvalue weighted by molar-refractivity contribution is -0.119. The van der Waals surface area contributed by atoms with Crippen molar-refractivity contribution in [3.63, 3.8) is 0 Å². The van der Waals surface area contributed by atoms with Crippen LogP contribution in [0.1, 0.15) is 33.8 Å². The molecule has 1 aliphatic carbocycles. The van der Waals surface area contributed by atoms with Gasteiger partial charge in [0.1, 0.15) is 5.76 Å². The Morgan fingerprint density at radius 3 is 2.64 bits per heavy atom. The number of benzene rings is 3. The largest absolute Gasteiger partial charge is 0.465 e. The van der Waals surface area contributed by atoms with Gasteiger partial charge in [-0.2, -0.15) is 0 Å². The molecule has 0 spiro atoms. The number of anilines is 1. The van der Waals surface area contributed by atoms with Gasteiger partial charge in [0.2, 0.25) is 0 Å². The van der Waals surface area contributed by atoms with E-state index in [4.69, 9.17) is 14.1 Å². The van der Waals surface area contributed by atoms with Crippen molar-refractivity contribution in [2.24, 2.45) is 0 Å². The highest BCUT2D eigenvalue weighted by Gasteiger charge is 2.28. The molecule has 0 fully saturated rings. The summed E-state index contributed by atoms with van der Waals surface area (Å²) < 4.78 is 11.0. The maximum Gasteiger partial charge on any atom is 0.339 e. The minimum absolute atomic E-state index is 0.383. The highest BCUT2D eigenvalue weighted by atomic mass is 16.5. The molecule has 0 bridgehead atoms. The van der Waals surface area contributed by atoms with Crippen LogP contribution in [0.5, 0.6) is 0 Å². The molecule has 0 radical (unpaired) electrons. The molecule has 1 N–H and O–H groups in total. The average Bonchev–Trinajstić information content (AvgIpc) is 3.56. The molecule has 5 aromatic rings. The molecule has 0 aliphatic heterocycles. The number of fused-ring (bicyclic) bond motifs is 3. The van der Waals surface area contributed by atoms with Crippen molar-refractivity contribution in [2.75, 3.05) is 11.9 Å². The summed E-state index contributed by atoms with van der Waals surface area (Å²) in [6, 6.07) is 24.8.